The molecular formula is C22H21Cl2NO5. The van der Waals surface area contributed by atoms with Gasteiger partial charge in [0.05, 0.1) is 25.3 Å². The summed E-state index contributed by atoms with van der Waals surface area (Å²) in [6, 6.07) is 8.99. The van der Waals surface area contributed by atoms with Gasteiger partial charge in [0, 0.05) is 29.3 Å². The molecule has 0 spiro atoms. The van der Waals surface area contributed by atoms with Crippen LogP contribution in [0.2, 0.25) is 10.0 Å². The van der Waals surface area contributed by atoms with Crippen LogP contribution in [0.4, 0.5) is 0 Å². The van der Waals surface area contributed by atoms with Gasteiger partial charge in [0.15, 0.2) is 0 Å². The first-order valence-electron chi connectivity index (χ1n) is 9.17. The van der Waals surface area contributed by atoms with Crippen LogP contribution in [0.3, 0.4) is 0 Å². The first-order valence-corrected chi connectivity index (χ1v) is 9.93. The zero-order valence-electron chi connectivity index (χ0n) is 16.7. The molecular weight excluding hydrogens is 429 g/mol. The van der Waals surface area contributed by atoms with Gasteiger partial charge in [-0.15, -0.1) is 0 Å². The molecule has 2 aromatic carbocycles. The molecule has 1 aliphatic rings. The molecule has 30 heavy (non-hydrogen) atoms. The van der Waals surface area contributed by atoms with Crippen LogP contribution in [0.15, 0.2) is 42.0 Å². The number of aliphatic hydroxyl groups is 1. The summed E-state index contributed by atoms with van der Waals surface area (Å²) in [5.41, 5.74) is 1.57. The molecule has 1 saturated heterocycles. The molecule has 1 fully saturated rings. The molecule has 6 nitrogen and oxygen atoms in total. The van der Waals surface area contributed by atoms with Crippen molar-refractivity contribution in [3.63, 3.8) is 0 Å². The molecule has 3 rings (SSSR count). The monoisotopic (exact) mass is 449 g/mol. The molecule has 0 radical (unpaired) electrons. The fourth-order valence-corrected chi connectivity index (χ4v) is 4.03. The number of amides is 1. The van der Waals surface area contributed by atoms with E-state index < -0.39 is 17.7 Å². The highest BCUT2D eigenvalue weighted by Gasteiger charge is 2.46. The number of ether oxygens (including phenoxy) is 2. The van der Waals surface area contributed by atoms with Crippen LogP contribution in [0.1, 0.15) is 22.7 Å². The lowest BCUT2D eigenvalue weighted by Crippen LogP contribution is -2.32. The highest BCUT2D eigenvalue weighted by Crippen LogP contribution is 2.42. The van der Waals surface area contributed by atoms with Gasteiger partial charge in [0.2, 0.25) is 0 Å². The maximum Gasteiger partial charge on any atom is 0.295 e. The van der Waals surface area contributed by atoms with Crippen LogP contribution in [-0.2, 0) is 14.3 Å². The normalized spacial score (nSPS) is 18.2. The average Bonchev–Trinajstić information content (AvgIpc) is 2.96. The number of ketones is 1. The summed E-state index contributed by atoms with van der Waals surface area (Å²) < 4.78 is 10.3. The van der Waals surface area contributed by atoms with E-state index >= 15 is 0 Å². The third-order valence-corrected chi connectivity index (χ3v) is 5.58. The van der Waals surface area contributed by atoms with E-state index in [2.05, 4.69) is 0 Å². The topological polar surface area (TPSA) is 76.1 Å². The maximum absolute atomic E-state index is 12.9. The molecule has 1 N–H and O–H groups in total. The van der Waals surface area contributed by atoms with E-state index in [1.165, 1.54) is 25.2 Å². The Hall–Kier alpha value is -2.54. The number of rotatable bonds is 6. The second-order valence-corrected chi connectivity index (χ2v) is 7.68. The van der Waals surface area contributed by atoms with Crippen molar-refractivity contribution in [2.24, 2.45) is 0 Å². The van der Waals surface area contributed by atoms with Crippen LogP contribution in [0.25, 0.3) is 5.76 Å². The number of Topliss-reactive ketones (excluding diaryl/α,β-unsaturated/α-hetero) is 1. The number of likely N-dealkylation sites (tertiary alicyclic amines) is 1. The van der Waals surface area contributed by atoms with Gasteiger partial charge in [-0.05, 0) is 48.4 Å². The summed E-state index contributed by atoms with van der Waals surface area (Å²) in [5.74, 6) is -1.17. The highest BCUT2D eigenvalue weighted by atomic mass is 35.5. The molecule has 0 aromatic heterocycles. The van der Waals surface area contributed by atoms with Gasteiger partial charge >= 0.3 is 0 Å². The standard InChI is InChI=1S/C22H21Cl2NO5/c1-12-10-14(30-3)5-7-15(12)20(26)18-19(16-6-4-13(23)11-17(16)24)25(8-9-29-2)22(28)21(18)27/h4-7,10-11,19,26H,8-9H2,1-3H3/t19-/m1/s1. The lowest BCUT2D eigenvalue weighted by molar-refractivity contribution is -0.140. The largest absolute Gasteiger partial charge is 0.507 e. The third kappa shape index (κ3) is 4.03. The Morgan fingerprint density at radius 1 is 1.13 bits per heavy atom. The minimum atomic E-state index is -0.869. The van der Waals surface area contributed by atoms with Crippen LogP contribution < -0.4 is 4.74 Å². The number of nitrogens with zero attached hydrogens (tertiary/aromatic N) is 1. The Labute approximate surface area is 184 Å². The predicted molar refractivity (Wildman–Crippen MR) is 115 cm³/mol. The molecule has 0 saturated carbocycles. The predicted octanol–water partition coefficient (Wildman–Crippen LogP) is 4.38. The molecule has 1 atom stereocenters. The van der Waals surface area contributed by atoms with E-state index in [0.717, 1.165) is 0 Å². The van der Waals surface area contributed by atoms with E-state index in [-0.39, 0.29) is 29.5 Å². The fourth-order valence-electron chi connectivity index (χ4n) is 3.52. The van der Waals surface area contributed by atoms with Crippen LogP contribution >= 0.6 is 23.2 Å². The zero-order chi connectivity index (χ0) is 22.0. The van der Waals surface area contributed by atoms with Gasteiger partial charge < -0.3 is 19.5 Å². The van der Waals surface area contributed by atoms with E-state index in [0.29, 0.717) is 27.5 Å². The quantitative estimate of drug-likeness (QED) is 0.402. The second kappa shape index (κ2) is 9.08. The first kappa shape index (κ1) is 22.2. The Kier molecular flexibility index (Phi) is 6.71. The fraction of sp³-hybridized carbons (Fsp3) is 0.273. The van der Waals surface area contributed by atoms with Crippen molar-refractivity contribution in [1.29, 1.82) is 0 Å². The van der Waals surface area contributed by atoms with Crippen molar-refractivity contribution < 1.29 is 24.2 Å². The van der Waals surface area contributed by atoms with Crippen LogP contribution in [0, 0.1) is 6.92 Å². The molecule has 158 valence electrons. The SMILES string of the molecule is COCCN1C(=O)C(=O)C(=C(O)c2ccc(OC)cc2C)[C@H]1c1ccc(Cl)cc1Cl. The lowest BCUT2D eigenvalue weighted by atomic mass is 9.94. The lowest BCUT2D eigenvalue weighted by Gasteiger charge is -2.26. The number of halogens is 2. The van der Waals surface area contributed by atoms with Gasteiger partial charge in [-0.3, -0.25) is 9.59 Å². The van der Waals surface area contributed by atoms with E-state index in [1.54, 1.807) is 37.3 Å². The zero-order valence-corrected chi connectivity index (χ0v) is 18.3. The van der Waals surface area contributed by atoms with Crippen molar-refractivity contribution in [2.45, 2.75) is 13.0 Å². The van der Waals surface area contributed by atoms with Gasteiger partial charge in [-0.1, -0.05) is 29.3 Å². The summed E-state index contributed by atoms with van der Waals surface area (Å²) in [4.78, 5) is 27.1. The average molecular weight is 450 g/mol. The summed E-state index contributed by atoms with van der Waals surface area (Å²) in [6.45, 7) is 2.16. The second-order valence-electron chi connectivity index (χ2n) is 6.83. The van der Waals surface area contributed by atoms with Crippen molar-refractivity contribution in [2.75, 3.05) is 27.4 Å². The molecule has 0 bridgehead atoms. The highest BCUT2D eigenvalue weighted by molar-refractivity contribution is 6.47. The number of hydrogen-bond acceptors (Lipinski definition) is 5. The summed E-state index contributed by atoms with van der Waals surface area (Å²) in [7, 11) is 3.04. The number of methoxy groups -OCH3 is 2. The summed E-state index contributed by atoms with van der Waals surface area (Å²) >= 11 is 12.4. The first-order chi connectivity index (χ1) is 14.3. The summed E-state index contributed by atoms with van der Waals surface area (Å²) in [5, 5.41) is 11.8. The smallest absolute Gasteiger partial charge is 0.295 e. The number of hydrogen-bond donors (Lipinski definition) is 1. The number of carbonyl (C=O) groups excluding carboxylic acids is 2. The maximum atomic E-state index is 12.9. The van der Waals surface area contributed by atoms with Crippen LogP contribution in [0.5, 0.6) is 5.75 Å². The van der Waals surface area contributed by atoms with Crippen molar-refractivity contribution in [3.05, 3.63) is 68.7 Å². The van der Waals surface area contributed by atoms with E-state index in [9.17, 15) is 14.7 Å². The van der Waals surface area contributed by atoms with Gasteiger partial charge in [0.1, 0.15) is 11.5 Å². The van der Waals surface area contributed by atoms with Crippen molar-refractivity contribution >= 4 is 40.7 Å². The molecule has 1 amide bonds. The molecule has 0 unspecified atom stereocenters. The number of aliphatic hydroxyl groups excluding tert-OH is 1. The number of carbonyl (C=O) groups is 2. The minimum absolute atomic E-state index is 0.0337. The molecule has 8 heteroatoms. The van der Waals surface area contributed by atoms with E-state index in [1.807, 2.05) is 0 Å². The number of benzene rings is 2. The van der Waals surface area contributed by atoms with Crippen molar-refractivity contribution in [1.82, 2.24) is 4.90 Å². The molecule has 1 aliphatic heterocycles. The Balaban J connectivity index is 2.22. The van der Waals surface area contributed by atoms with Gasteiger partial charge in [0.25, 0.3) is 11.7 Å². The number of aryl methyl sites for hydroxylation is 1. The van der Waals surface area contributed by atoms with Crippen molar-refractivity contribution in [3.8, 4) is 5.75 Å². The minimum Gasteiger partial charge on any atom is -0.507 e. The Morgan fingerprint density at radius 2 is 1.87 bits per heavy atom. The Bertz CT molecular complexity index is 1030. The van der Waals surface area contributed by atoms with Gasteiger partial charge in [-0.25, -0.2) is 0 Å². The summed E-state index contributed by atoms with van der Waals surface area (Å²) in [6.07, 6.45) is 0. The molecule has 0 aliphatic carbocycles. The third-order valence-electron chi connectivity index (χ3n) is 5.02. The molecule has 1 heterocycles. The molecule has 2 aromatic rings. The Morgan fingerprint density at radius 3 is 2.47 bits per heavy atom. The van der Waals surface area contributed by atoms with Crippen LogP contribution in [-0.4, -0.2) is 49.1 Å². The van der Waals surface area contributed by atoms with Gasteiger partial charge in [-0.2, -0.15) is 0 Å². The van der Waals surface area contributed by atoms with E-state index in [4.69, 9.17) is 32.7 Å².